The highest BCUT2D eigenvalue weighted by atomic mass is 16.4. The number of carbonyl (C=O) groups is 1. The van der Waals surface area contributed by atoms with E-state index in [1.165, 1.54) is 0 Å². The first-order valence-electron chi connectivity index (χ1n) is 7.50. The minimum atomic E-state index is -2.20. The van der Waals surface area contributed by atoms with Crippen molar-refractivity contribution >= 4 is 5.91 Å². The Bertz CT molecular complexity index is 301. The van der Waals surface area contributed by atoms with E-state index >= 15 is 0 Å². The van der Waals surface area contributed by atoms with Gasteiger partial charge in [0.1, 0.15) is 18.3 Å². The van der Waals surface area contributed by atoms with Crippen LogP contribution in [0.2, 0.25) is 0 Å². The van der Waals surface area contributed by atoms with Gasteiger partial charge in [0.15, 0.2) is 5.60 Å². The molecular weight excluding hydrogens is 278 g/mol. The van der Waals surface area contributed by atoms with Gasteiger partial charge in [-0.2, -0.15) is 0 Å². The molecule has 0 saturated carbocycles. The summed E-state index contributed by atoms with van der Waals surface area (Å²) >= 11 is 0. The number of aliphatic hydroxyl groups excluding tert-OH is 4. The Hall–Kier alpha value is -0.730. The molecule has 0 aromatic heterocycles. The minimum absolute atomic E-state index is 0.0325. The van der Waals surface area contributed by atoms with Crippen LogP contribution in [0.25, 0.3) is 0 Å². The maximum atomic E-state index is 12.0. The monoisotopic (exact) mass is 307 g/mol. The van der Waals surface area contributed by atoms with Crippen LogP contribution in [0.1, 0.15) is 46.0 Å². The second-order valence-corrected chi connectivity index (χ2v) is 5.28. The molecule has 0 aromatic rings. The van der Waals surface area contributed by atoms with Gasteiger partial charge in [0.2, 0.25) is 0 Å². The van der Waals surface area contributed by atoms with Gasteiger partial charge in [-0.1, -0.05) is 26.2 Å². The third-order valence-electron chi connectivity index (χ3n) is 3.54. The molecule has 126 valence electrons. The number of carbonyl (C=O) groups excluding carboxylic acids is 1. The van der Waals surface area contributed by atoms with Gasteiger partial charge in [-0.25, -0.2) is 0 Å². The molecule has 0 heterocycles. The van der Waals surface area contributed by atoms with Crippen molar-refractivity contribution in [3.05, 3.63) is 0 Å². The molecule has 0 aliphatic heterocycles. The lowest BCUT2D eigenvalue weighted by Crippen LogP contribution is -2.61. The van der Waals surface area contributed by atoms with E-state index in [9.17, 15) is 25.2 Å². The fourth-order valence-electron chi connectivity index (χ4n) is 2.13. The highest BCUT2D eigenvalue weighted by Crippen LogP contribution is 2.24. The van der Waals surface area contributed by atoms with Gasteiger partial charge in [-0.05, 0) is 19.8 Å². The maximum Gasteiger partial charge on any atom is 0.254 e. The number of unbranched alkanes of at least 4 members (excludes halogenated alkanes) is 3. The highest BCUT2D eigenvalue weighted by molar-refractivity contribution is 5.85. The van der Waals surface area contributed by atoms with E-state index in [0.717, 1.165) is 19.3 Å². The summed E-state index contributed by atoms with van der Waals surface area (Å²) in [5.41, 5.74) is -2.20. The van der Waals surface area contributed by atoms with Crippen molar-refractivity contribution < 1.29 is 30.3 Å². The summed E-state index contributed by atoms with van der Waals surface area (Å²) in [5, 5.41) is 50.9. The second-order valence-electron chi connectivity index (χ2n) is 5.28. The standard InChI is InChI=1S/C14H29NO6/c1-3-5-6-7-8-14(21,13(20)15-4-2)12(19)11(18)10(17)9-16/h10-12,16-19,21H,3-9H2,1-2H3,(H,15,20)/t10-,11-,12+,14-/m1/s1. The number of nitrogens with one attached hydrogen (secondary N) is 1. The fourth-order valence-corrected chi connectivity index (χ4v) is 2.13. The van der Waals surface area contributed by atoms with E-state index in [2.05, 4.69) is 5.32 Å². The number of likely N-dealkylation sites (N-methyl/N-ethyl adjacent to an activating group) is 1. The van der Waals surface area contributed by atoms with Crippen molar-refractivity contribution in [1.82, 2.24) is 5.32 Å². The van der Waals surface area contributed by atoms with E-state index in [-0.39, 0.29) is 13.0 Å². The molecule has 7 nitrogen and oxygen atoms in total. The molecule has 4 atom stereocenters. The number of amides is 1. The van der Waals surface area contributed by atoms with Crippen LogP contribution in [0.15, 0.2) is 0 Å². The van der Waals surface area contributed by atoms with Crippen LogP contribution in [0.3, 0.4) is 0 Å². The zero-order chi connectivity index (χ0) is 16.5. The first-order valence-corrected chi connectivity index (χ1v) is 7.50. The number of rotatable bonds is 11. The third kappa shape index (κ3) is 5.88. The van der Waals surface area contributed by atoms with Crippen LogP contribution >= 0.6 is 0 Å². The van der Waals surface area contributed by atoms with Gasteiger partial charge < -0.3 is 30.8 Å². The molecule has 0 radical (unpaired) electrons. The average Bonchev–Trinajstić information content (AvgIpc) is 2.49. The first-order chi connectivity index (χ1) is 9.84. The Morgan fingerprint density at radius 2 is 1.76 bits per heavy atom. The maximum absolute atomic E-state index is 12.0. The Kier molecular flexibility index (Phi) is 9.72. The SMILES string of the molecule is CCCCCC[C@](O)(C(=O)NCC)[C@@H](O)[C@H](O)[C@H](O)CO. The smallest absolute Gasteiger partial charge is 0.254 e. The number of hydrogen-bond acceptors (Lipinski definition) is 6. The summed E-state index contributed by atoms with van der Waals surface area (Å²) in [6.45, 7) is 3.17. The molecule has 0 rings (SSSR count). The van der Waals surface area contributed by atoms with Gasteiger partial charge in [0.25, 0.3) is 5.91 Å². The molecule has 0 fully saturated rings. The van der Waals surface area contributed by atoms with Crippen LogP contribution in [0.5, 0.6) is 0 Å². The topological polar surface area (TPSA) is 130 Å². The predicted molar refractivity (Wildman–Crippen MR) is 77.5 cm³/mol. The molecule has 0 bridgehead atoms. The molecule has 6 N–H and O–H groups in total. The molecule has 1 amide bonds. The molecular formula is C14H29NO6. The lowest BCUT2D eigenvalue weighted by atomic mass is 9.84. The van der Waals surface area contributed by atoms with Crippen molar-refractivity contribution in [1.29, 1.82) is 0 Å². The zero-order valence-corrected chi connectivity index (χ0v) is 12.8. The lowest BCUT2D eigenvalue weighted by Gasteiger charge is -2.35. The Morgan fingerprint density at radius 3 is 2.24 bits per heavy atom. The van der Waals surface area contributed by atoms with Crippen molar-refractivity contribution in [2.45, 2.75) is 69.9 Å². The van der Waals surface area contributed by atoms with E-state index in [4.69, 9.17) is 5.11 Å². The first kappa shape index (κ1) is 20.3. The van der Waals surface area contributed by atoms with Crippen LogP contribution in [-0.4, -0.2) is 68.5 Å². The van der Waals surface area contributed by atoms with Gasteiger partial charge in [-0.15, -0.1) is 0 Å². The molecule has 0 aliphatic carbocycles. The average molecular weight is 307 g/mol. The van der Waals surface area contributed by atoms with Crippen LogP contribution in [0.4, 0.5) is 0 Å². The normalized spacial score (nSPS) is 18.6. The summed E-state index contributed by atoms with van der Waals surface area (Å²) < 4.78 is 0. The van der Waals surface area contributed by atoms with E-state index in [1.54, 1.807) is 6.92 Å². The molecule has 0 saturated heterocycles. The van der Waals surface area contributed by atoms with Crippen molar-refractivity contribution in [3.8, 4) is 0 Å². The summed E-state index contributed by atoms with van der Waals surface area (Å²) in [4.78, 5) is 12.0. The van der Waals surface area contributed by atoms with Crippen LogP contribution < -0.4 is 5.32 Å². The van der Waals surface area contributed by atoms with Gasteiger partial charge in [0, 0.05) is 6.54 Å². The summed E-state index contributed by atoms with van der Waals surface area (Å²) in [5.74, 6) is -0.793. The van der Waals surface area contributed by atoms with E-state index in [1.807, 2.05) is 6.92 Å². The van der Waals surface area contributed by atoms with Crippen LogP contribution in [0, 0.1) is 0 Å². The Morgan fingerprint density at radius 1 is 1.14 bits per heavy atom. The van der Waals surface area contributed by atoms with Crippen LogP contribution in [-0.2, 0) is 4.79 Å². The third-order valence-corrected chi connectivity index (χ3v) is 3.54. The van der Waals surface area contributed by atoms with Crippen molar-refractivity contribution in [2.75, 3.05) is 13.2 Å². The fraction of sp³-hybridized carbons (Fsp3) is 0.929. The second kappa shape index (κ2) is 10.1. The Balaban J connectivity index is 4.96. The zero-order valence-electron chi connectivity index (χ0n) is 12.8. The quantitative estimate of drug-likeness (QED) is 0.269. The highest BCUT2D eigenvalue weighted by Gasteiger charge is 2.47. The molecule has 21 heavy (non-hydrogen) atoms. The van der Waals surface area contributed by atoms with E-state index in [0.29, 0.717) is 6.42 Å². The number of aliphatic hydroxyl groups is 5. The van der Waals surface area contributed by atoms with Gasteiger partial charge >= 0.3 is 0 Å². The predicted octanol–water partition coefficient (Wildman–Crippen LogP) is -1.10. The largest absolute Gasteiger partial charge is 0.394 e. The molecule has 0 aliphatic rings. The summed E-state index contributed by atoms with van der Waals surface area (Å²) in [7, 11) is 0. The van der Waals surface area contributed by atoms with Crippen molar-refractivity contribution in [3.63, 3.8) is 0 Å². The molecule has 0 unspecified atom stereocenters. The van der Waals surface area contributed by atoms with E-state index < -0.39 is 36.4 Å². The Labute approximate surface area is 125 Å². The molecule has 0 spiro atoms. The molecule has 7 heteroatoms. The van der Waals surface area contributed by atoms with Gasteiger partial charge in [0.05, 0.1) is 6.61 Å². The van der Waals surface area contributed by atoms with Gasteiger partial charge in [-0.3, -0.25) is 4.79 Å². The molecule has 0 aromatic carbocycles. The summed E-state index contributed by atoms with van der Waals surface area (Å²) in [6, 6.07) is 0. The van der Waals surface area contributed by atoms with Crippen molar-refractivity contribution in [2.24, 2.45) is 0 Å². The summed E-state index contributed by atoms with van der Waals surface area (Å²) in [6.07, 6.45) is -2.16. The minimum Gasteiger partial charge on any atom is -0.394 e. The lowest BCUT2D eigenvalue weighted by molar-refractivity contribution is -0.178. The number of hydrogen-bond donors (Lipinski definition) is 6.